The van der Waals surface area contributed by atoms with Crippen LogP contribution in [0.1, 0.15) is 13.8 Å². The van der Waals surface area contributed by atoms with E-state index in [1.54, 1.807) is 19.4 Å². The maximum atomic E-state index is 5.27. The van der Waals surface area contributed by atoms with Crippen LogP contribution in [-0.2, 0) is 4.74 Å². The van der Waals surface area contributed by atoms with Gasteiger partial charge in [-0.15, -0.1) is 0 Å². The molecule has 1 atom stereocenters. The van der Waals surface area contributed by atoms with Gasteiger partial charge in [-0.2, -0.15) is 4.98 Å². The molecule has 0 aliphatic rings. The molecule has 1 N–H and O–H groups in total. The number of hydrogen-bond acceptors (Lipinski definition) is 5. The van der Waals surface area contributed by atoms with E-state index in [0.29, 0.717) is 25.0 Å². The van der Waals surface area contributed by atoms with Gasteiger partial charge in [0.1, 0.15) is 0 Å². The zero-order chi connectivity index (χ0) is 11.1. The van der Waals surface area contributed by atoms with Crippen LogP contribution in [0.2, 0.25) is 0 Å². The Morgan fingerprint density at radius 3 is 3.00 bits per heavy atom. The van der Waals surface area contributed by atoms with Gasteiger partial charge in [-0.05, 0) is 13.8 Å². The Hall–Kier alpha value is -1.36. The summed E-state index contributed by atoms with van der Waals surface area (Å²) in [5, 5.41) is 3.12. The van der Waals surface area contributed by atoms with E-state index in [9.17, 15) is 0 Å². The van der Waals surface area contributed by atoms with Crippen molar-refractivity contribution in [2.24, 2.45) is 0 Å². The van der Waals surface area contributed by atoms with Gasteiger partial charge in [0.25, 0.3) is 0 Å². The molecule has 5 heteroatoms. The number of ether oxygens (including phenoxy) is 2. The van der Waals surface area contributed by atoms with Crippen molar-refractivity contribution in [3.63, 3.8) is 0 Å². The van der Waals surface area contributed by atoms with Crippen molar-refractivity contribution in [3.8, 4) is 5.88 Å². The first-order chi connectivity index (χ1) is 7.26. The van der Waals surface area contributed by atoms with Crippen LogP contribution in [0.15, 0.2) is 12.3 Å². The molecule has 0 saturated carbocycles. The fourth-order valence-corrected chi connectivity index (χ4v) is 1.08. The minimum Gasteiger partial charge on any atom is -0.481 e. The van der Waals surface area contributed by atoms with Crippen molar-refractivity contribution in [1.29, 1.82) is 0 Å². The van der Waals surface area contributed by atoms with E-state index in [1.165, 1.54) is 0 Å². The van der Waals surface area contributed by atoms with E-state index in [2.05, 4.69) is 15.3 Å². The molecule has 5 nitrogen and oxygen atoms in total. The van der Waals surface area contributed by atoms with Gasteiger partial charge in [0.2, 0.25) is 11.8 Å². The molecule has 0 aliphatic heterocycles. The highest BCUT2D eigenvalue weighted by atomic mass is 16.5. The second-order valence-corrected chi connectivity index (χ2v) is 3.13. The standard InChI is InChI=1S/C10H17N3O2/c1-4-15-7-8(2)12-10-11-6-5-9(13-10)14-3/h5-6,8H,4,7H2,1-3H3,(H,11,12,13). The quantitative estimate of drug-likeness (QED) is 0.769. The normalized spacial score (nSPS) is 12.2. The van der Waals surface area contributed by atoms with Gasteiger partial charge in [0, 0.05) is 24.9 Å². The molecule has 1 aromatic heterocycles. The first-order valence-corrected chi connectivity index (χ1v) is 4.97. The highest BCUT2D eigenvalue weighted by Crippen LogP contribution is 2.08. The van der Waals surface area contributed by atoms with Gasteiger partial charge in [-0.1, -0.05) is 0 Å². The second-order valence-electron chi connectivity index (χ2n) is 3.13. The molecule has 1 heterocycles. The van der Waals surface area contributed by atoms with Crippen molar-refractivity contribution in [3.05, 3.63) is 12.3 Å². The van der Waals surface area contributed by atoms with Crippen LogP contribution in [0, 0.1) is 0 Å². The summed E-state index contributed by atoms with van der Waals surface area (Å²) in [6.45, 7) is 5.33. The maximum absolute atomic E-state index is 5.27. The molecule has 0 bridgehead atoms. The zero-order valence-corrected chi connectivity index (χ0v) is 9.36. The monoisotopic (exact) mass is 211 g/mol. The third-order valence-electron chi connectivity index (χ3n) is 1.79. The van der Waals surface area contributed by atoms with Crippen molar-refractivity contribution in [2.75, 3.05) is 25.6 Å². The van der Waals surface area contributed by atoms with E-state index in [0.717, 1.165) is 0 Å². The van der Waals surface area contributed by atoms with E-state index in [1.807, 2.05) is 13.8 Å². The van der Waals surface area contributed by atoms with Crippen LogP contribution in [-0.4, -0.2) is 36.3 Å². The molecule has 1 rings (SSSR count). The van der Waals surface area contributed by atoms with Crippen LogP contribution in [0.4, 0.5) is 5.95 Å². The lowest BCUT2D eigenvalue weighted by molar-refractivity contribution is 0.141. The fourth-order valence-electron chi connectivity index (χ4n) is 1.08. The highest BCUT2D eigenvalue weighted by molar-refractivity contribution is 5.28. The predicted octanol–water partition coefficient (Wildman–Crippen LogP) is 1.32. The zero-order valence-electron chi connectivity index (χ0n) is 9.36. The molecule has 0 spiro atoms. The lowest BCUT2D eigenvalue weighted by Gasteiger charge is -2.13. The van der Waals surface area contributed by atoms with Gasteiger partial charge >= 0.3 is 0 Å². The SMILES string of the molecule is CCOCC(C)Nc1nccc(OC)n1. The van der Waals surface area contributed by atoms with Crippen molar-refractivity contribution < 1.29 is 9.47 Å². The topological polar surface area (TPSA) is 56.3 Å². The summed E-state index contributed by atoms with van der Waals surface area (Å²) >= 11 is 0. The summed E-state index contributed by atoms with van der Waals surface area (Å²) in [4.78, 5) is 8.22. The molecule has 1 aromatic rings. The summed E-state index contributed by atoms with van der Waals surface area (Å²) in [5.74, 6) is 1.11. The van der Waals surface area contributed by atoms with Crippen LogP contribution < -0.4 is 10.1 Å². The lowest BCUT2D eigenvalue weighted by Crippen LogP contribution is -2.23. The molecule has 1 unspecified atom stereocenters. The van der Waals surface area contributed by atoms with Crippen molar-refractivity contribution in [2.45, 2.75) is 19.9 Å². The number of hydrogen-bond donors (Lipinski definition) is 1. The predicted molar refractivity (Wildman–Crippen MR) is 58.2 cm³/mol. The molecule has 84 valence electrons. The molecule has 0 saturated heterocycles. The molecular formula is C10H17N3O2. The molecule has 0 aliphatic carbocycles. The smallest absolute Gasteiger partial charge is 0.226 e. The summed E-state index contributed by atoms with van der Waals surface area (Å²) in [6, 6.07) is 1.88. The third-order valence-corrected chi connectivity index (χ3v) is 1.79. The van der Waals surface area contributed by atoms with E-state index < -0.39 is 0 Å². The average Bonchev–Trinajstić information content (AvgIpc) is 2.26. The van der Waals surface area contributed by atoms with Crippen molar-refractivity contribution >= 4 is 5.95 Å². The number of nitrogens with zero attached hydrogens (tertiary/aromatic N) is 2. The first-order valence-electron chi connectivity index (χ1n) is 4.97. The number of aromatic nitrogens is 2. The summed E-state index contributed by atoms with van der Waals surface area (Å²) in [6.07, 6.45) is 1.65. The fraction of sp³-hybridized carbons (Fsp3) is 0.600. The second kappa shape index (κ2) is 6.19. The Bertz CT molecular complexity index is 294. The van der Waals surface area contributed by atoms with Crippen molar-refractivity contribution in [1.82, 2.24) is 9.97 Å². The van der Waals surface area contributed by atoms with Gasteiger partial charge in [-0.3, -0.25) is 0 Å². The third kappa shape index (κ3) is 4.12. The largest absolute Gasteiger partial charge is 0.481 e. The van der Waals surface area contributed by atoms with E-state index in [4.69, 9.17) is 9.47 Å². The number of methoxy groups -OCH3 is 1. The van der Waals surface area contributed by atoms with Gasteiger partial charge < -0.3 is 14.8 Å². The summed E-state index contributed by atoms with van der Waals surface area (Å²) < 4.78 is 10.3. The van der Waals surface area contributed by atoms with Crippen LogP contribution in [0.5, 0.6) is 5.88 Å². The highest BCUT2D eigenvalue weighted by Gasteiger charge is 2.04. The number of anilines is 1. The molecule has 0 radical (unpaired) electrons. The number of rotatable bonds is 6. The molecule has 0 aromatic carbocycles. The summed E-state index contributed by atoms with van der Waals surface area (Å²) in [5.41, 5.74) is 0. The van der Waals surface area contributed by atoms with Crippen LogP contribution in [0.3, 0.4) is 0 Å². The Balaban J connectivity index is 2.48. The average molecular weight is 211 g/mol. The van der Waals surface area contributed by atoms with E-state index >= 15 is 0 Å². The maximum Gasteiger partial charge on any atom is 0.226 e. The minimum absolute atomic E-state index is 0.178. The van der Waals surface area contributed by atoms with Crippen LogP contribution >= 0.6 is 0 Å². The first kappa shape index (κ1) is 11.7. The Kier molecular flexibility index (Phi) is 4.83. The van der Waals surface area contributed by atoms with E-state index in [-0.39, 0.29) is 6.04 Å². The van der Waals surface area contributed by atoms with Crippen LogP contribution in [0.25, 0.3) is 0 Å². The molecule has 15 heavy (non-hydrogen) atoms. The van der Waals surface area contributed by atoms with Gasteiger partial charge in [-0.25, -0.2) is 4.98 Å². The molecule has 0 amide bonds. The van der Waals surface area contributed by atoms with Gasteiger partial charge in [0.05, 0.1) is 13.7 Å². The molecule has 0 fully saturated rings. The number of nitrogens with one attached hydrogen (secondary N) is 1. The molecular weight excluding hydrogens is 194 g/mol. The minimum atomic E-state index is 0.178. The summed E-state index contributed by atoms with van der Waals surface area (Å²) in [7, 11) is 1.58. The lowest BCUT2D eigenvalue weighted by atomic mass is 10.4. The Morgan fingerprint density at radius 2 is 2.33 bits per heavy atom. The Labute approximate surface area is 89.8 Å². The van der Waals surface area contributed by atoms with Gasteiger partial charge in [0.15, 0.2) is 0 Å². The Morgan fingerprint density at radius 1 is 1.53 bits per heavy atom.